The summed E-state index contributed by atoms with van der Waals surface area (Å²) in [7, 11) is 0. The van der Waals surface area contributed by atoms with Gasteiger partial charge in [-0.1, -0.05) is 13.8 Å². The van der Waals surface area contributed by atoms with Crippen LogP contribution >= 0.6 is 11.6 Å². The molecule has 1 unspecified atom stereocenters. The first-order valence-corrected chi connectivity index (χ1v) is 4.81. The molecule has 72 valence electrons. The van der Waals surface area contributed by atoms with E-state index in [-0.39, 0.29) is 11.3 Å². The fourth-order valence-corrected chi connectivity index (χ4v) is 0.931. The van der Waals surface area contributed by atoms with Crippen molar-refractivity contribution in [2.75, 3.05) is 6.61 Å². The average molecular weight is 193 g/mol. The van der Waals surface area contributed by atoms with Gasteiger partial charge in [-0.15, -0.1) is 11.6 Å². The Morgan fingerprint density at radius 2 is 2.08 bits per heavy atom. The Kier molecular flexibility index (Phi) is 6.17. The quantitative estimate of drug-likeness (QED) is 0.495. The summed E-state index contributed by atoms with van der Waals surface area (Å²) in [5.74, 6) is 0.268. The van der Waals surface area contributed by atoms with Crippen LogP contribution in [0.1, 0.15) is 33.6 Å². The van der Waals surface area contributed by atoms with Crippen molar-refractivity contribution in [1.82, 2.24) is 0 Å². The van der Waals surface area contributed by atoms with Crippen LogP contribution in [0, 0.1) is 5.92 Å². The lowest BCUT2D eigenvalue weighted by atomic mass is 10.1. The predicted octanol–water partition coefficient (Wildman–Crippen LogP) is 2.59. The molecule has 0 aromatic heterocycles. The monoisotopic (exact) mass is 192 g/mol. The van der Waals surface area contributed by atoms with E-state index in [2.05, 4.69) is 0 Å². The number of carbonyl (C=O) groups is 1. The van der Waals surface area contributed by atoms with Crippen LogP contribution in [-0.2, 0) is 9.53 Å². The molecule has 0 aliphatic rings. The second-order valence-corrected chi connectivity index (χ2v) is 3.66. The van der Waals surface area contributed by atoms with Gasteiger partial charge < -0.3 is 4.74 Å². The fraction of sp³-hybridized carbons (Fsp3) is 0.889. The van der Waals surface area contributed by atoms with Gasteiger partial charge in [-0.3, -0.25) is 4.79 Å². The molecule has 0 aromatic carbocycles. The molecule has 2 nitrogen and oxygen atoms in total. The Labute approximate surface area is 79.2 Å². The highest BCUT2D eigenvalue weighted by Gasteiger charge is 2.11. The molecule has 0 spiro atoms. The maximum Gasteiger partial charge on any atom is 0.305 e. The van der Waals surface area contributed by atoms with Crippen molar-refractivity contribution in [3.05, 3.63) is 0 Å². The SMILES string of the molecule is CCOC(=O)CCC(Cl)C(C)C. The Morgan fingerprint density at radius 1 is 1.50 bits per heavy atom. The van der Waals surface area contributed by atoms with Crippen LogP contribution < -0.4 is 0 Å². The number of alkyl halides is 1. The summed E-state index contributed by atoms with van der Waals surface area (Å²) in [5.41, 5.74) is 0. The van der Waals surface area contributed by atoms with Gasteiger partial charge in [0.2, 0.25) is 0 Å². The molecule has 0 bridgehead atoms. The maximum atomic E-state index is 10.9. The molecule has 3 heteroatoms. The molecule has 0 saturated carbocycles. The third-order valence-electron chi connectivity index (χ3n) is 1.65. The van der Waals surface area contributed by atoms with Gasteiger partial charge in [0, 0.05) is 11.8 Å². The molecule has 0 amide bonds. The van der Waals surface area contributed by atoms with Gasteiger partial charge in [0.05, 0.1) is 6.61 Å². The van der Waals surface area contributed by atoms with E-state index in [1.165, 1.54) is 0 Å². The zero-order valence-electron chi connectivity index (χ0n) is 7.97. The second kappa shape index (κ2) is 6.30. The molecule has 0 aliphatic carbocycles. The molecule has 12 heavy (non-hydrogen) atoms. The van der Waals surface area contributed by atoms with Gasteiger partial charge >= 0.3 is 5.97 Å². The molecule has 0 N–H and O–H groups in total. The van der Waals surface area contributed by atoms with Gasteiger partial charge in [-0.25, -0.2) is 0 Å². The van der Waals surface area contributed by atoms with E-state index in [0.717, 1.165) is 0 Å². The Morgan fingerprint density at radius 3 is 2.50 bits per heavy atom. The van der Waals surface area contributed by atoms with Gasteiger partial charge in [-0.05, 0) is 19.3 Å². The topological polar surface area (TPSA) is 26.3 Å². The van der Waals surface area contributed by atoms with Crippen LogP contribution in [0.3, 0.4) is 0 Å². The van der Waals surface area contributed by atoms with Crippen LogP contribution in [0.25, 0.3) is 0 Å². The standard InChI is InChI=1S/C9H17ClO2/c1-4-12-9(11)6-5-8(10)7(2)3/h7-8H,4-6H2,1-3H3. The molecule has 0 fully saturated rings. The number of carbonyl (C=O) groups excluding carboxylic acids is 1. The first-order valence-electron chi connectivity index (χ1n) is 4.37. The summed E-state index contributed by atoms with van der Waals surface area (Å²) in [5, 5.41) is 0.0782. The smallest absolute Gasteiger partial charge is 0.305 e. The van der Waals surface area contributed by atoms with Crippen LogP contribution in [0.2, 0.25) is 0 Å². The van der Waals surface area contributed by atoms with Gasteiger partial charge in [-0.2, -0.15) is 0 Å². The third kappa shape index (κ3) is 5.42. The zero-order valence-corrected chi connectivity index (χ0v) is 8.73. The number of hydrogen-bond acceptors (Lipinski definition) is 2. The van der Waals surface area contributed by atoms with Crippen molar-refractivity contribution in [2.24, 2.45) is 5.92 Å². The molecule has 0 radical (unpaired) electrons. The first kappa shape index (κ1) is 11.8. The van der Waals surface area contributed by atoms with Crippen molar-refractivity contribution in [1.29, 1.82) is 0 Å². The average Bonchev–Trinajstić information content (AvgIpc) is 2.00. The molecule has 0 saturated heterocycles. The van der Waals surface area contributed by atoms with Crippen molar-refractivity contribution < 1.29 is 9.53 Å². The van der Waals surface area contributed by atoms with Crippen molar-refractivity contribution in [2.45, 2.75) is 39.0 Å². The third-order valence-corrected chi connectivity index (χ3v) is 2.38. The van der Waals surface area contributed by atoms with Crippen molar-refractivity contribution in [3.63, 3.8) is 0 Å². The van der Waals surface area contributed by atoms with Gasteiger partial charge in [0.25, 0.3) is 0 Å². The van der Waals surface area contributed by atoms with E-state index in [1.54, 1.807) is 6.92 Å². The van der Waals surface area contributed by atoms with Crippen molar-refractivity contribution >= 4 is 17.6 Å². The number of ether oxygens (including phenoxy) is 1. The lowest BCUT2D eigenvalue weighted by Crippen LogP contribution is -2.12. The second-order valence-electron chi connectivity index (χ2n) is 3.10. The van der Waals surface area contributed by atoms with E-state index in [9.17, 15) is 4.79 Å². The number of hydrogen-bond donors (Lipinski definition) is 0. The predicted molar refractivity (Wildman–Crippen MR) is 50.3 cm³/mol. The summed E-state index contributed by atoms with van der Waals surface area (Å²) in [4.78, 5) is 10.9. The van der Waals surface area contributed by atoms with Gasteiger partial charge in [0.1, 0.15) is 0 Å². The first-order chi connectivity index (χ1) is 5.57. The van der Waals surface area contributed by atoms with E-state index in [1.807, 2.05) is 13.8 Å². The fourth-order valence-electron chi connectivity index (χ4n) is 0.822. The summed E-state index contributed by atoms with van der Waals surface area (Å²) < 4.78 is 4.77. The molecule has 0 aromatic rings. The molecular weight excluding hydrogens is 176 g/mol. The van der Waals surface area contributed by atoms with Crippen LogP contribution in [0.4, 0.5) is 0 Å². The molecule has 0 rings (SSSR count). The minimum absolute atomic E-state index is 0.0782. The lowest BCUT2D eigenvalue weighted by molar-refractivity contribution is -0.143. The highest BCUT2D eigenvalue weighted by molar-refractivity contribution is 6.20. The molecular formula is C9H17ClO2. The molecule has 1 atom stereocenters. The van der Waals surface area contributed by atoms with E-state index < -0.39 is 0 Å². The Hall–Kier alpha value is -0.240. The van der Waals surface area contributed by atoms with E-state index in [0.29, 0.717) is 25.4 Å². The van der Waals surface area contributed by atoms with Crippen LogP contribution in [0.5, 0.6) is 0 Å². The van der Waals surface area contributed by atoms with Crippen LogP contribution in [0.15, 0.2) is 0 Å². The number of halogens is 1. The highest BCUT2D eigenvalue weighted by atomic mass is 35.5. The molecule has 0 aliphatic heterocycles. The maximum absolute atomic E-state index is 10.9. The normalized spacial score (nSPS) is 13.1. The number of esters is 1. The van der Waals surface area contributed by atoms with Gasteiger partial charge in [0.15, 0.2) is 0 Å². The van der Waals surface area contributed by atoms with E-state index >= 15 is 0 Å². The van der Waals surface area contributed by atoms with Crippen LogP contribution in [-0.4, -0.2) is 18.0 Å². The molecule has 0 heterocycles. The summed E-state index contributed by atoms with van der Waals surface area (Å²) in [6, 6.07) is 0. The largest absolute Gasteiger partial charge is 0.466 e. The number of rotatable bonds is 5. The Balaban J connectivity index is 3.47. The zero-order chi connectivity index (χ0) is 9.56. The summed E-state index contributed by atoms with van der Waals surface area (Å²) >= 11 is 5.95. The minimum atomic E-state index is -0.149. The highest BCUT2D eigenvalue weighted by Crippen LogP contribution is 2.15. The summed E-state index contributed by atoms with van der Waals surface area (Å²) in [6.07, 6.45) is 1.14. The van der Waals surface area contributed by atoms with E-state index in [4.69, 9.17) is 16.3 Å². The van der Waals surface area contributed by atoms with Crippen molar-refractivity contribution in [3.8, 4) is 0 Å². The lowest BCUT2D eigenvalue weighted by Gasteiger charge is -2.11. The minimum Gasteiger partial charge on any atom is -0.466 e. The Bertz CT molecular complexity index is 134. The summed E-state index contributed by atoms with van der Waals surface area (Å²) in [6.45, 7) is 6.34.